The molecule has 0 spiro atoms. The molecule has 0 N–H and O–H groups in total. The number of hydrogen-bond acceptors (Lipinski definition) is 5. The molecule has 0 bridgehead atoms. The van der Waals surface area contributed by atoms with Crippen LogP contribution in [0.4, 0.5) is 0 Å². The molecule has 1 aliphatic carbocycles. The zero-order valence-electron chi connectivity index (χ0n) is 16.6. The summed E-state index contributed by atoms with van der Waals surface area (Å²) in [6.07, 6.45) is 8.46. The predicted octanol–water partition coefficient (Wildman–Crippen LogP) is 2.91. The highest BCUT2D eigenvalue weighted by Gasteiger charge is 2.27. The van der Waals surface area contributed by atoms with Crippen molar-refractivity contribution in [2.45, 2.75) is 38.1 Å². The number of hydrogen-bond donors (Lipinski definition) is 0. The molecule has 2 fully saturated rings. The van der Waals surface area contributed by atoms with Gasteiger partial charge in [-0.1, -0.05) is 24.5 Å². The molecule has 2 aliphatic rings. The summed E-state index contributed by atoms with van der Waals surface area (Å²) in [5.74, 6) is 0.112. The maximum absolute atomic E-state index is 13.0. The number of nitrogens with zero attached hydrogens (tertiary/aromatic N) is 6. The molecule has 1 aliphatic heterocycles. The Morgan fingerprint density at radius 3 is 2.45 bits per heavy atom. The molecule has 1 aromatic carbocycles. The van der Waals surface area contributed by atoms with Crippen LogP contribution in [0.1, 0.15) is 42.5 Å². The summed E-state index contributed by atoms with van der Waals surface area (Å²) < 4.78 is 1.70. The second-order valence-corrected chi connectivity index (χ2v) is 8.01. The third kappa shape index (κ3) is 3.62. The van der Waals surface area contributed by atoms with Crippen LogP contribution in [-0.4, -0.2) is 67.9 Å². The smallest absolute Gasteiger partial charge is 0.253 e. The number of carbonyl (C=O) groups excluding carboxylic acids is 1. The molecule has 0 radical (unpaired) electrons. The highest BCUT2D eigenvalue weighted by atomic mass is 16.2. The highest BCUT2D eigenvalue weighted by molar-refractivity contribution is 5.94. The topological polar surface area (TPSA) is 67.2 Å². The van der Waals surface area contributed by atoms with Crippen LogP contribution in [0.3, 0.4) is 0 Å². The van der Waals surface area contributed by atoms with Gasteiger partial charge in [0.25, 0.3) is 5.91 Å². The number of amides is 1. The van der Waals surface area contributed by atoms with Gasteiger partial charge in [0.05, 0.1) is 5.69 Å². The van der Waals surface area contributed by atoms with Crippen LogP contribution in [0, 0.1) is 0 Å². The Bertz CT molecular complexity index is 984. The monoisotopic (exact) mass is 390 g/mol. The van der Waals surface area contributed by atoms with Crippen LogP contribution in [0.5, 0.6) is 0 Å². The predicted molar refractivity (Wildman–Crippen MR) is 111 cm³/mol. The van der Waals surface area contributed by atoms with Crippen LogP contribution in [-0.2, 0) is 0 Å². The molecule has 7 heteroatoms. The van der Waals surface area contributed by atoms with E-state index in [9.17, 15) is 4.79 Å². The van der Waals surface area contributed by atoms with Gasteiger partial charge in [-0.25, -0.2) is 4.98 Å². The van der Waals surface area contributed by atoms with E-state index in [-0.39, 0.29) is 5.91 Å². The van der Waals surface area contributed by atoms with Gasteiger partial charge in [-0.15, -0.1) is 5.10 Å². The quantitative estimate of drug-likeness (QED) is 0.688. The summed E-state index contributed by atoms with van der Waals surface area (Å²) in [6.45, 7) is 3.61. The summed E-state index contributed by atoms with van der Waals surface area (Å²) >= 11 is 0. The lowest BCUT2D eigenvalue weighted by atomic mass is 9.94. The molecule has 1 saturated heterocycles. The first kappa shape index (κ1) is 18.2. The molecule has 0 unspecified atom stereocenters. The number of rotatable bonds is 3. The van der Waals surface area contributed by atoms with E-state index in [2.05, 4.69) is 20.2 Å². The Kier molecular flexibility index (Phi) is 4.97. The maximum atomic E-state index is 13.0. The zero-order chi connectivity index (χ0) is 19.6. The van der Waals surface area contributed by atoms with Crippen molar-refractivity contribution in [3.8, 4) is 5.69 Å². The van der Waals surface area contributed by atoms with Gasteiger partial charge >= 0.3 is 0 Å². The first-order valence-electron chi connectivity index (χ1n) is 10.6. The number of piperazine rings is 1. The summed E-state index contributed by atoms with van der Waals surface area (Å²) in [7, 11) is 0. The Balaban J connectivity index is 1.25. The summed E-state index contributed by atoms with van der Waals surface area (Å²) in [4.78, 5) is 21.9. The molecule has 7 nitrogen and oxygen atoms in total. The van der Waals surface area contributed by atoms with Gasteiger partial charge < -0.3 is 4.90 Å². The molecule has 29 heavy (non-hydrogen) atoms. The van der Waals surface area contributed by atoms with E-state index in [4.69, 9.17) is 0 Å². The second kappa shape index (κ2) is 7.91. The number of fused-ring (bicyclic) bond motifs is 1. The van der Waals surface area contributed by atoms with Crippen molar-refractivity contribution >= 4 is 17.1 Å². The van der Waals surface area contributed by atoms with E-state index in [1.54, 1.807) is 10.9 Å². The lowest BCUT2D eigenvalue weighted by Crippen LogP contribution is -2.52. The lowest BCUT2D eigenvalue weighted by Gasteiger charge is -2.40. The van der Waals surface area contributed by atoms with E-state index >= 15 is 0 Å². The fourth-order valence-electron chi connectivity index (χ4n) is 4.60. The first-order chi connectivity index (χ1) is 14.3. The second-order valence-electron chi connectivity index (χ2n) is 8.01. The number of benzene rings is 1. The molecule has 1 saturated carbocycles. The SMILES string of the molecule is O=C(c1ccc(-n2nnc3cccnc32)cc1)N1CCN(C2CCCCC2)CC1. The van der Waals surface area contributed by atoms with Crippen LogP contribution in [0.2, 0.25) is 0 Å². The fraction of sp³-hybridized carbons (Fsp3) is 0.455. The van der Waals surface area contributed by atoms with Crippen LogP contribution in [0.25, 0.3) is 16.9 Å². The van der Waals surface area contributed by atoms with Crippen molar-refractivity contribution in [2.75, 3.05) is 26.2 Å². The molecule has 0 atom stereocenters. The average Bonchev–Trinajstić information content (AvgIpc) is 3.24. The standard InChI is InChI=1S/C22H26N6O/c29-22(27-15-13-26(14-16-27)18-5-2-1-3-6-18)17-8-10-19(11-9-17)28-21-20(24-25-28)7-4-12-23-21/h4,7-12,18H,1-3,5-6,13-16H2. The minimum atomic E-state index is 0.112. The van der Waals surface area contributed by atoms with E-state index < -0.39 is 0 Å². The Morgan fingerprint density at radius 2 is 1.69 bits per heavy atom. The van der Waals surface area contributed by atoms with Crippen molar-refractivity contribution in [1.29, 1.82) is 0 Å². The minimum absolute atomic E-state index is 0.112. The summed E-state index contributed by atoms with van der Waals surface area (Å²) in [5.41, 5.74) is 3.04. The molecule has 5 rings (SSSR count). The van der Waals surface area contributed by atoms with Crippen molar-refractivity contribution in [3.05, 3.63) is 48.2 Å². The van der Waals surface area contributed by atoms with E-state index in [1.807, 2.05) is 41.3 Å². The normalized spacial score (nSPS) is 19.0. The largest absolute Gasteiger partial charge is 0.336 e. The molecule has 2 aromatic heterocycles. The third-order valence-electron chi connectivity index (χ3n) is 6.26. The summed E-state index contributed by atoms with van der Waals surface area (Å²) in [5, 5.41) is 8.33. The molecule has 1 amide bonds. The lowest BCUT2D eigenvalue weighted by molar-refractivity contribution is 0.0523. The van der Waals surface area contributed by atoms with E-state index in [0.29, 0.717) is 5.65 Å². The van der Waals surface area contributed by atoms with Crippen molar-refractivity contribution in [2.24, 2.45) is 0 Å². The van der Waals surface area contributed by atoms with Crippen molar-refractivity contribution in [1.82, 2.24) is 29.8 Å². The van der Waals surface area contributed by atoms with Crippen LogP contribution < -0.4 is 0 Å². The van der Waals surface area contributed by atoms with E-state index in [1.165, 1.54) is 32.1 Å². The van der Waals surface area contributed by atoms with E-state index in [0.717, 1.165) is 49.0 Å². The molecule has 150 valence electrons. The van der Waals surface area contributed by atoms with Crippen LogP contribution >= 0.6 is 0 Å². The highest BCUT2D eigenvalue weighted by Crippen LogP contribution is 2.24. The minimum Gasteiger partial charge on any atom is -0.336 e. The Hall–Kier alpha value is -2.80. The van der Waals surface area contributed by atoms with Gasteiger partial charge in [0.15, 0.2) is 5.65 Å². The van der Waals surface area contributed by atoms with Gasteiger partial charge in [-0.05, 0) is 49.2 Å². The number of carbonyl (C=O) groups is 1. The van der Waals surface area contributed by atoms with Crippen molar-refractivity contribution < 1.29 is 4.79 Å². The average molecular weight is 390 g/mol. The summed E-state index contributed by atoms with van der Waals surface area (Å²) in [6, 6.07) is 12.0. The molecule has 3 aromatic rings. The molecular weight excluding hydrogens is 364 g/mol. The fourth-order valence-corrected chi connectivity index (χ4v) is 4.60. The Labute approximate surface area is 170 Å². The first-order valence-corrected chi connectivity index (χ1v) is 10.6. The van der Waals surface area contributed by atoms with Crippen LogP contribution in [0.15, 0.2) is 42.6 Å². The zero-order valence-corrected chi connectivity index (χ0v) is 16.6. The van der Waals surface area contributed by atoms with Gasteiger partial charge in [0.1, 0.15) is 5.52 Å². The number of pyridine rings is 1. The number of aromatic nitrogens is 4. The molecular formula is C22H26N6O. The van der Waals surface area contributed by atoms with Gasteiger partial charge in [0.2, 0.25) is 0 Å². The maximum Gasteiger partial charge on any atom is 0.253 e. The van der Waals surface area contributed by atoms with Gasteiger partial charge in [-0.2, -0.15) is 4.68 Å². The van der Waals surface area contributed by atoms with Crippen molar-refractivity contribution in [3.63, 3.8) is 0 Å². The molecule has 3 heterocycles. The van der Waals surface area contributed by atoms with Gasteiger partial charge in [0, 0.05) is 44.0 Å². The Morgan fingerprint density at radius 1 is 0.931 bits per heavy atom. The van der Waals surface area contributed by atoms with Gasteiger partial charge in [-0.3, -0.25) is 9.69 Å². The third-order valence-corrected chi connectivity index (χ3v) is 6.26.